The molecule has 1 atom stereocenters. The Morgan fingerprint density at radius 2 is 1.69 bits per heavy atom. The van der Waals surface area contributed by atoms with Crippen LogP contribution in [0, 0.1) is 0 Å². The number of piperazine rings is 1. The Bertz CT molecular complexity index is 1100. The summed E-state index contributed by atoms with van der Waals surface area (Å²) in [6.07, 6.45) is 5.86. The second-order valence-electron chi connectivity index (χ2n) is 9.42. The van der Waals surface area contributed by atoms with Gasteiger partial charge in [0.05, 0.1) is 12.2 Å². The first kappa shape index (κ1) is 25.8. The molecule has 1 aromatic heterocycles. The number of carbonyl (C=O) groups is 2. The maximum Gasteiger partial charge on any atom is 0.354 e. The Balaban J connectivity index is 1.30. The second-order valence-corrected chi connectivity index (χ2v) is 9.42. The van der Waals surface area contributed by atoms with E-state index in [2.05, 4.69) is 15.2 Å². The normalized spacial score (nSPS) is 19.1. The highest BCUT2D eigenvalue weighted by molar-refractivity contribution is 5.88. The molecule has 1 aromatic carbocycles. The van der Waals surface area contributed by atoms with Gasteiger partial charge in [0.15, 0.2) is 0 Å². The third kappa shape index (κ3) is 6.68. The maximum absolute atomic E-state index is 12.6. The molecule has 4 rings (SSSR count). The maximum atomic E-state index is 12.6. The van der Waals surface area contributed by atoms with Gasteiger partial charge < -0.3 is 26.2 Å². The fourth-order valence-corrected chi connectivity index (χ4v) is 4.66. The Morgan fingerprint density at radius 3 is 2.39 bits per heavy atom. The second kappa shape index (κ2) is 12.1. The zero-order valence-electron chi connectivity index (χ0n) is 20.6. The molecule has 0 aliphatic carbocycles. The van der Waals surface area contributed by atoms with Gasteiger partial charge in [0.2, 0.25) is 5.91 Å². The molecule has 11 heteroatoms. The number of anilines is 1. The summed E-state index contributed by atoms with van der Waals surface area (Å²) in [5.41, 5.74) is 12.9. The number of urea groups is 1. The van der Waals surface area contributed by atoms with Crippen LogP contribution < -0.4 is 22.5 Å². The van der Waals surface area contributed by atoms with E-state index in [9.17, 15) is 14.4 Å². The lowest BCUT2D eigenvalue weighted by atomic mass is 10.1. The van der Waals surface area contributed by atoms with Crippen molar-refractivity contribution < 1.29 is 9.59 Å². The van der Waals surface area contributed by atoms with Crippen molar-refractivity contribution in [1.82, 2.24) is 24.3 Å². The van der Waals surface area contributed by atoms with Gasteiger partial charge in [-0.1, -0.05) is 12.1 Å². The summed E-state index contributed by atoms with van der Waals surface area (Å²) in [5.74, 6) is 0.0616. The summed E-state index contributed by atoms with van der Waals surface area (Å²) >= 11 is 0. The van der Waals surface area contributed by atoms with Crippen LogP contribution in [0.3, 0.4) is 0 Å². The topological polar surface area (TPSA) is 143 Å². The fraction of sp³-hybridized carbons (Fsp3) is 0.520. The van der Waals surface area contributed by atoms with Crippen LogP contribution in [-0.2, 0) is 11.2 Å². The lowest BCUT2D eigenvalue weighted by Gasteiger charge is -2.34. The van der Waals surface area contributed by atoms with Crippen molar-refractivity contribution in [3.8, 4) is 5.69 Å². The molecule has 0 bridgehead atoms. The van der Waals surface area contributed by atoms with E-state index >= 15 is 0 Å². The summed E-state index contributed by atoms with van der Waals surface area (Å²) in [4.78, 5) is 46.6. The third-order valence-corrected chi connectivity index (χ3v) is 6.93. The number of aromatic nitrogens is 2. The first-order valence-electron chi connectivity index (χ1n) is 12.6. The van der Waals surface area contributed by atoms with Crippen molar-refractivity contribution in [2.75, 3.05) is 57.7 Å². The molecule has 194 valence electrons. The average molecular weight is 497 g/mol. The number of nitrogens with zero attached hydrogens (tertiary/aromatic N) is 5. The van der Waals surface area contributed by atoms with Crippen LogP contribution in [0.4, 0.5) is 10.6 Å². The van der Waals surface area contributed by atoms with E-state index in [1.54, 1.807) is 22.1 Å². The largest absolute Gasteiger partial charge is 0.354 e. The summed E-state index contributed by atoms with van der Waals surface area (Å²) in [7, 11) is 0. The van der Waals surface area contributed by atoms with Crippen LogP contribution >= 0.6 is 0 Å². The van der Waals surface area contributed by atoms with Gasteiger partial charge in [0.1, 0.15) is 5.82 Å². The predicted molar refractivity (Wildman–Crippen MR) is 138 cm³/mol. The average Bonchev–Trinajstić information content (AvgIpc) is 3.11. The molecule has 1 unspecified atom stereocenters. The van der Waals surface area contributed by atoms with Crippen molar-refractivity contribution in [1.29, 1.82) is 0 Å². The predicted octanol–water partition coefficient (Wildman–Crippen LogP) is 0.223. The Morgan fingerprint density at radius 1 is 0.972 bits per heavy atom. The Hall–Kier alpha value is -3.28. The van der Waals surface area contributed by atoms with Crippen molar-refractivity contribution in [3.63, 3.8) is 0 Å². The summed E-state index contributed by atoms with van der Waals surface area (Å²) in [6, 6.07) is 9.48. The number of benzene rings is 1. The highest BCUT2D eigenvalue weighted by Crippen LogP contribution is 2.13. The minimum absolute atomic E-state index is 0.0384. The molecule has 0 spiro atoms. The lowest BCUT2D eigenvalue weighted by molar-refractivity contribution is -0.131. The molecule has 2 aromatic rings. The summed E-state index contributed by atoms with van der Waals surface area (Å²) < 4.78 is 1.45. The molecule has 2 aliphatic heterocycles. The van der Waals surface area contributed by atoms with E-state index in [1.165, 1.54) is 10.1 Å². The standard InChI is InChI=1S/C25H36N8O3/c26-18-23(34)31-14-16-32(17-15-31)24(35)28-22-9-13-33(25(36)29-22)21-5-3-19(4-6-21)7-11-30-10-1-2-20(27)8-12-30/h3-6,9,13,20H,1-2,7-8,10-12,14-18,26-27H2,(H,28,29,35,36). The fourth-order valence-electron chi connectivity index (χ4n) is 4.66. The van der Waals surface area contributed by atoms with Crippen LogP contribution in [0.2, 0.25) is 0 Å². The zero-order valence-corrected chi connectivity index (χ0v) is 20.6. The van der Waals surface area contributed by atoms with Crippen molar-refractivity contribution in [2.24, 2.45) is 11.5 Å². The van der Waals surface area contributed by atoms with Gasteiger partial charge in [0.25, 0.3) is 0 Å². The third-order valence-electron chi connectivity index (χ3n) is 6.93. The number of carbonyl (C=O) groups excluding carboxylic acids is 2. The number of amides is 3. The Kier molecular flexibility index (Phi) is 8.68. The molecule has 2 saturated heterocycles. The number of hydrogen-bond acceptors (Lipinski definition) is 7. The van der Waals surface area contributed by atoms with Gasteiger partial charge in [-0.25, -0.2) is 9.59 Å². The molecule has 0 saturated carbocycles. The van der Waals surface area contributed by atoms with Gasteiger partial charge in [-0.3, -0.25) is 14.7 Å². The van der Waals surface area contributed by atoms with Crippen molar-refractivity contribution in [2.45, 2.75) is 31.7 Å². The van der Waals surface area contributed by atoms with Crippen LogP contribution in [-0.4, -0.2) is 94.6 Å². The molecular weight excluding hydrogens is 460 g/mol. The molecule has 5 N–H and O–H groups in total. The van der Waals surface area contributed by atoms with Crippen LogP contribution in [0.5, 0.6) is 0 Å². The summed E-state index contributed by atoms with van der Waals surface area (Å²) in [6.45, 7) is 4.76. The molecule has 0 radical (unpaired) electrons. The van der Waals surface area contributed by atoms with Crippen molar-refractivity contribution >= 4 is 17.8 Å². The van der Waals surface area contributed by atoms with Gasteiger partial charge in [-0.2, -0.15) is 4.98 Å². The molecule has 3 amide bonds. The van der Waals surface area contributed by atoms with E-state index in [1.807, 2.05) is 24.3 Å². The van der Waals surface area contributed by atoms with Gasteiger partial charge >= 0.3 is 11.7 Å². The number of nitrogens with one attached hydrogen (secondary N) is 1. The number of nitrogens with two attached hydrogens (primary N) is 2. The quantitative estimate of drug-likeness (QED) is 0.519. The smallest absolute Gasteiger partial charge is 0.338 e. The van der Waals surface area contributed by atoms with Gasteiger partial charge in [-0.05, 0) is 62.5 Å². The van der Waals surface area contributed by atoms with E-state index in [0.717, 1.165) is 51.0 Å². The SMILES string of the molecule is NCC(=O)N1CCN(C(=O)Nc2ccn(-c3ccc(CCN4CCCC(N)CC4)cc3)c(=O)n2)CC1. The van der Waals surface area contributed by atoms with Crippen LogP contribution in [0.15, 0.2) is 41.3 Å². The molecular formula is C25H36N8O3. The van der Waals surface area contributed by atoms with Gasteiger partial charge in [-0.15, -0.1) is 0 Å². The molecule has 3 heterocycles. The summed E-state index contributed by atoms with van der Waals surface area (Å²) in [5, 5.41) is 2.68. The number of rotatable bonds is 6. The first-order chi connectivity index (χ1) is 17.4. The minimum Gasteiger partial charge on any atom is -0.338 e. The molecule has 2 aliphatic rings. The van der Waals surface area contributed by atoms with Gasteiger partial charge in [0, 0.05) is 45.0 Å². The highest BCUT2D eigenvalue weighted by Gasteiger charge is 2.23. The lowest BCUT2D eigenvalue weighted by Crippen LogP contribution is -2.52. The van der Waals surface area contributed by atoms with E-state index in [-0.39, 0.29) is 24.3 Å². The Labute approximate surface area is 211 Å². The number of likely N-dealkylation sites (tertiary alicyclic amines) is 1. The minimum atomic E-state index is -0.472. The molecule has 2 fully saturated rings. The van der Waals surface area contributed by atoms with Crippen LogP contribution in [0.1, 0.15) is 24.8 Å². The van der Waals surface area contributed by atoms with E-state index in [0.29, 0.717) is 32.2 Å². The first-order valence-corrected chi connectivity index (χ1v) is 12.6. The number of hydrogen-bond donors (Lipinski definition) is 3. The van der Waals surface area contributed by atoms with E-state index < -0.39 is 5.69 Å². The zero-order chi connectivity index (χ0) is 25.5. The van der Waals surface area contributed by atoms with Crippen molar-refractivity contribution in [3.05, 3.63) is 52.6 Å². The molecule has 11 nitrogen and oxygen atoms in total. The highest BCUT2D eigenvalue weighted by atomic mass is 16.2. The van der Waals surface area contributed by atoms with E-state index in [4.69, 9.17) is 11.5 Å². The van der Waals surface area contributed by atoms with Crippen LogP contribution in [0.25, 0.3) is 5.69 Å². The molecule has 36 heavy (non-hydrogen) atoms. The monoisotopic (exact) mass is 496 g/mol.